The minimum absolute atomic E-state index is 0.0944. The number of carbonyl (C=O) groups excluding carboxylic acids is 2. The molecule has 0 atom stereocenters. The Kier molecular flexibility index (Phi) is 1.79. The molecule has 1 aliphatic rings. The summed E-state index contributed by atoms with van der Waals surface area (Å²) in [6.45, 7) is 1.57. The molecule has 0 unspecified atom stereocenters. The predicted octanol–water partition coefficient (Wildman–Crippen LogP) is -0.295. The lowest BCUT2D eigenvalue weighted by Crippen LogP contribution is -2.23. The first-order valence-electron chi connectivity index (χ1n) is 4.18. The fraction of sp³-hybridized carbons (Fsp3) is 0.111. The lowest BCUT2D eigenvalue weighted by atomic mass is 10.4. The monoisotopic (exact) mass is 208 g/mol. The number of rotatable bonds is 1. The highest BCUT2D eigenvalue weighted by molar-refractivity contribution is 6.30. The second-order valence-electron chi connectivity index (χ2n) is 3.19. The maximum atomic E-state index is 11.3. The SMILES string of the molecule is Cc1cc(O)n(C2=CC(=O)NC2=O)c1O. The Morgan fingerprint density at radius 3 is 2.40 bits per heavy atom. The number of aromatic nitrogens is 1. The maximum Gasteiger partial charge on any atom is 0.275 e. The molecular formula is C9H8N2O4. The molecular weight excluding hydrogens is 200 g/mol. The molecule has 0 radical (unpaired) electrons. The van der Waals surface area contributed by atoms with E-state index in [1.807, 2.05) is 5.32 Å². The van der Waals surface area contributed by atoms with Crippen LogP contribution in [-0.2, 0) is 9.59 Å². The lowest BCUT2D eigenvalue weighted by Gasteiger charge is -2.04. The van der Waals surface area contributed by atoms with Gasteiger partial charge in [-0.1, -0.05) is 0 Å². The molecule has 6 heteroatoms. The molecule has 1 aliphatic heterocycles. The lowest BCUT2D eigenvalue weighted by molar-refractivity contribution is -0.123. The fourth-order valence-corrected chi connectivity index (χ4v) is 1.41. The highest BCUT2D eigenvalue weighted by atomic mass is 16.3. The van der Waals surface area contributed by atoms with Gasteiger partial charge in [0.25, 0.3) is 11.8 Å². The number of amides is 2. The van der Waals surface area contributed by atoms with E-state index < -0.39 is 11.8 Å². The average Bonchev–Trinajstić information content (AvgIpc) is 2.56. The van der Waals surface area contributed by atoms with Gasteiger partial charge < -0.3 is 10.2 Å². The average molecular weight is 208 g/mol. The Bertz CT molecular complexity index is 498. The van der Waals surface area contributed by atoms with Crippen LogP contribution in [0.3, 0.4) is 0 Å². The Balaban J connectivity index is 2.60. The van der Waals surface area contributed by atoms with Gasteiger partial charge in [-0.05, 0) is 6.92 Å². The van der Waals surface area contributed by atoms with Crippen LogP contribution < -0.4 is 5.32 Å². The summed E-state index contributed by atoms with van der Waals surface area (Å²) in [7, 11) is 0. The second kappa shape index (κ2) is 2.88. The molecule has 2 heterocycles. The molecule has 2 rings (SSSR count). The number of hydrogen-bond acceptors (Lipinski definition) is 4. The van der Waals surface area contributed by atoms with Gasteiger partial charge in [-0.2, -0.15) is 0 Å². The number of hydrogen-bond donors (Lipinski definition) is 3. The number of aryl methyl sites for hydroxylation is 1. The summed E-state index contributed by atoms with van der Waals surface area (Å²) in [5, 5.41) is 21.0. The van der Waals surface area contributed by atoms with Crippen LogP contribution in [0.2, 0.25) is 0 Å². The van der Waals surface area contributed by atoms with Crippen LogP contribution in [0.5, 0.6) is 11.8 Å². The van der Waals surface area contributed by atoms with Crippen molar-refractivity contribution < 1.29 is 19.8 Å². The van der Waals surface area contributed by atoms with Crippen LogP contribution in [0.1, 0.15) is 5.56 Å². The Morgan fingerprint density at radius 2 is 2.00 bits per heavy atom. The largest absolute Gasteiger partial charge is 0.494 e. The number of imide groups is 1. The van der Waals surface area contributed by atoms with Gasteiger partial charge in [0, 0.05) is 17.7 Å². The molecule has 0 aliphatic carbocycles. The zero-order valence-electron chi connectivity index (χ0n) is 7.81. The van der Waals surface area contributed by atoms with Crippen LogP contribution in [0, 0.1) is 6.92 Å². The van der Waals surface area contributed by atoms with Crippen LogP contribution in [0.25, 0.3) is 5.70 Å². The maximum absolute atomic E-state index is 11.3. The van der Waals surface area contributed by atoms with E-state index in [0.717, 1.165) is 10.6 Å². The van der Waals surface area contributed by atoms with Crippen LogP contribution in [0.15, 0.2) is 12.1 Å². The fourth-order valence-electron chi connectivity index (χ4n) is 1.41. The minimum Gasteiger partial charge on any atom is -0.494 e. The molecule has 0 fully saturated rings. The second-order valence-corrected chi connectivity index (χ2v) is 3.19. The Hall–Kier alpha value is -2.24. The van der Waals surface area contributed by atoms with E-state index in [9.17, 15) is 19.8 Å². The van der Waals surface area contributed by atoms with Gasteiger partial charge in [-0.25, -0.2) is 4.57 Å². The van der Waals surface area contributed by atoms with Crippen LogP contribution in [0.4, 0.5) is 0 Å². The summed E-state index contributed by atoms with van der Waals surface area (Å²) in [5.74, 6) is -1.77. The molecule has 1 aromatic heterocycles. The van der Waals surface area contributed by atoms with Gasteiger partial charge in [0.1, 0.15) is 5.70 Å². The first-order chi connectivity index (χ1) is 7.00. The van der Waals surface area contributed by atoms with Crippen molar-refractivity contribution in [2.75, 3.05) is 0 Å². The number of nitrogens with zero attached hydrogens (tertiary/aromatic N) is 1. The zero-order valence-corrected chi connectivity index (χ0v) is 7.81. The topological polar surface area (TPSA) is 91.6 Å². The van der Waals surface area contributed by atoms with Gasteiger partial charge in [-0.3, -0.25) is 14.9 Å². The third-order valence-corrected chi connectivity index (χ3v) is 2.12. The molecule has 15 heavy (non-hydrogen) atoms. The van der Waals surface area contributed by atoms with E-state index in [-0.39, 0.29) is 17.5 Å². The van der Waals surface area contributed by atoms with Gasteiger partial charge >= 0.3 is 0 Å². The third kappa shape index (κ3) is 1.26. The van der Waals surface area contributed by atoms with Gasteiger partial charge in [0.15, 0.2) is 5.88 Å². The van der Waals surface area contributed by atoms with Crippen molar-refractivity contribution in [1.82, 2.24) is 9.88 Å². The molecule has 0 saturated carbocycles. The van der Waals surface area contributed by atoms with Crippen LogP contribution >= 0.6 is 0 Å². The molecule has 0 bridgehead atoms. The van der Waals surface area contributed by atoms with Crippen molar-refractivity contribution in [3.8, 4) is 11.8 Å². The van der Waals surface area contributed by atoms with Crippen molar-refractivity contribution in [3.05, 3.63) is 17.7 Å². The van der Waals surface area contributed by atoms with E-state index in [4.69, 9.17) is 0 Å². The van der Waals surface area contributed by atoms with E-state index in [0.29, 0.717) is 5.56 Å². The van der Waals surface area contributed by atoms with Crippen molar-refractivity contribution in [2.24, 2.45) is 0 Å². The zero-order chi connectivity index (χ0) is 11.2. The quantitative estimate of drug-likeness (QED) is 0.553. The summed E-state index contributed by atoms with van der Waals surface area (Å²) in [6.07, 6.45) is 1.02. The molecule has 1 aromatic rings. The van der Waals surface area contributed by atoms with E-state index in [1.165, 1.54) is 6.07 Å². The molecule has 78 valence electrons. The van der Waals surface area contributed by atoms with Gasteiger partial charge in [-0.15, -0.1) is 0 Å². The third-order valence-electron chi connectivity index (χ3n) is 2.12. The van der Waals surface area contributed by atoms with Gasteiger partial charge in [0.2, 0.25) is 5.88 Å². The summed E-state index contributed by atoms with van der Waals surface area (Å²) in [6, 6.07) is 1.30. The first-order valence-corrected chi connectivity index (χ1v) is 4.18. The number of aromatic hydroxyl groups is 2. The number of nitrogens with one attached hydrogen (secondary N) is 1. The summed E-state index contributed by atoms with van der Waals surface area (Å²) < 4.78 is 0.912. The molecule has 3 N–H and O–H groups in total. The predicted molar refractivity (Wildman–Crippen MR) is 49.9 cm³/mol. The first kappa shape index (κ1) is 9.32. The van der Waals surface area contributed by atoms with Crippen molar-refractivity contribution >= 4 is 17.5 Å². The van der Waals surface area contributed by atoms with E-state index in [1.54, 1.807) is 6.92 Å². The van der Waals surface area contributed by atoms with E-state index in [2.05, 4.69) is 0 Å². The highest BCUT2D eigenvalue weighted by Crippen LogP contribution is 2.31. The molecule has 2 amide bonds. The number of carbonyl (C=O) groups is 2. The summed E-state index contributed by atoms with van der Waals surface area (Å²) in [4.78, 5) is 22.1. The van der Waals surface area contributed by atoms with E-state index >= 15 is 0 Å². The smallest absolute Gasteiger partial charge is 0.275 e. The molecule has 0 saturated heterocycles. The molecule has 0 aromatic carbocycles. The van der Waals surface area contributed by atoms with Crippen molar-refractivity contribution in [3.63, 3.8) is 0 Å². The normalized spacial score (nSPS) is 15.4. The van der Waals surface area contributed by atoms with Crippen molar-refractivity contribution in [2.45, 2.75) is 6.92 Å². The highest BCUT2D eigenvalue weighted by Gasteiger charge is 2.26. The molecule has 0 spiro atoms. The van der Waals surface area contributed by atoms with Gasteiger partial charge in [0.05, 0.1) is 0 Å². The minimum atomic E-state index is -0.652. The summed E-state index contributed by atoms with van der Waals surface area (Å²) in [5.41, 5.74) is 0.323. The van der Waals surface area contributed by atoms with Crippen LogP contribution in [-0.4, -0.2) is 26.6 Å². The molecule has 6 nitrogen and oxygen atoms in total. The summed E-state index contributed by atoms with van der Waals surface area (Å²) >= 11 is 0. The Morgan fingerprint density at radius 1 is 1.33 bits per heavy atom. The Labute approximate surface area is 84.4 Å². The standard InChI is InChI=1S/C9H8N2O4/c1-4-2-7(13)11(9(4)15)5-3-6(12)10-8(5)14/h2-3,13,15H,1H3,(H,10,12,14). The van der Waals surface area contributed by atoms with Crippen molar-refractivity contribution in [1.29, 1.82) is 0 Å².